The van der Waals surface area contributed by atoms with Crippen molar-refractivity contribution in [2.24, 2.45) is 0 Å². The van der Waals surface area contributed by atoms with Gasteiger partial charge in [-0.15, -0.1) is 0 Å². The molecule has 2 rings (SSSR count). The number of hydrogen-bond donors (Lipinski definition) is 1. The van der Waals surface area contributed by atoms with Crippen LogP contribution in [0.25, 0.3) is 0 Å². The lowest BCUT2D eigenvalue weighted by molar-refractivity contribution is 0.327. The van der Waals surface area contributed by atoms with Crippen LogP contribution in [-0.4, -0.2) is 35.0 Å². The average Bonchev–Trinajstić information content (AvgIpc) is 2.85. The standard InChI is InChI=1S/C10H17N3O2S/c1-3-9-5-4-8(2)13(9)16(14,15)10-6-7-11-12-10/h6-9H,3-5H2,1-2H3,(H,11,12). The predicted molar refractivity (Wildman–Crippen MR) is 60.4 cm³/mol. The molecule has 0 bridgehead atoms. The number of nitrogens with one attached hydrogen (secondary N) is 1. The summed E-state index contributed by atoms with van der Waals surface area (Å²) < 4.78 is 26.3. The van der Waals surface area contributed by atoms with Crippen molar-refractivity contribution in [2.75, 3.05) is 0 Å². The van der Waals surface area contributed by atoms with E-state index in [1.54, 1.807) is 4.31 Å². The molecule has 0 radical (unpaired) electrons. The normalized spacial score (nSPS) is 27.4. The first-order valence-electron chi connectivity index (χ1n) is 5.60. The first-order valence-corrected chi connectivity index (χ1v) is 7.04. The molecule has 1 N–H and O–H groups in total. The molecule has 1 saturated heterocycles. The molecule has 6 heteroatoms. The predicted octanol–water partition coefficient (Wildman–Crippen LogP) is 1.36. The van der Waals surface area contributed by atoms with Crippen LogP contribution in [0, 0.1) is 0 Å². The van der Waals surface area contributed by atoms with E-state index >= 15 is 0 Å². The summed E-state index contributed by atoms with van der Waals surface area (Å²) in [6.07, 6.45) is 4.21. The van der Waals surface area contributed by atoms with Crippen LogP contribution in [0.5, 0.6) is 0 Å². The second-order valence-electron chi connectivity index (χ2n) is 4.24. The molecule has 2 atom stereocenters. The number of nitrogens with zero attached hydrogens (tertiary/aromatic N) is 2. The SMILES string of the molecule is CCC1CCC(C)N1S(=O)(=O)c1ccn[nH]1. The van der Waals surface area contributed by atoms with Gasteiger partial charge in [0.1, 0.15) is 0 Å². The molecule has 16 heavy (non-hydrogen) atoms. The Bertz CT molecular complexity index is 441. The lowest BCUT2D eigenvalue weighted by Crippen LogP contribution is -2.39. The lowest BCUT2D eigenvalue weighted by atomic mass is 10.2. The van der Waals surface area contributed by atoms with Gasteiger partial charge in [0.15, 0.2) is 5.03 Å². The smallest absolute Gasteiger partial charge is 0.260 e. The molecule has 2 heterocycles. The van der Waals surface area contributed by atoms with Gasteiger partial charge in [0.25, 0.3) is 10.0 Å². The van der Waals surface area contributed by atoms with Crippen molar-refractivity contribution in [3.8, 4) is 0 Å². The molecular formula is C10H17N3O2S. The van der Waals surface area contributed by atoms with Gasteiger partial charge in [0.2, 0.25) is 0 Å². The third kappa shape index (κ3) is 1.76. The highest BCUT2D eigenvalue weighted by atomic mass is 32.2. The Morgan fingerprint density at radius 3 is 2.88 bits per heavy atom. The highest BCUT2D eigenvalue weighted by molar-refractivity contribution is 7.89. The number of aromatic amines is 1. The van der Waals surface area contributed by atoms with E-state index in [-0.39, 0.29) is 17.1 Å². The Labute approximate surface area is 95.9 Å². The second kappa shape index (κ2) is 4.18. The monoisotopic (exact) mass is 243 g/mol. The quantitative estimate of drug-likeness (QED) is 0.871. The zero-order chi connectivity index (χ0) is 11.8. The minimum atomic E-state index is -3.39. The average molecular weight is 243 g/mol. The van der Waals surface area contributed by atoms with E-state index in [0.29, 0.717) is 0 Å². The maximum Gasteiger partial charge on any atom is 0.260 e. The van der Waals surface area contributed by atoms with Crippen LogP contribution in [0.4, 0.5) is 0 Å². The van der Waals surface area contributed by atoms with E-state index in [2.05, 4.69) is 10.2 Å². The van der Waals surface area contributed by atoms with E-state index < -0.39 is 10.0 Å². The Balaban J connectivity index is 2.36. The van der Waals surface area contributed by atoms with Crippen LogP contribution in [0.2, 0.25) is 0 Å². The third-order valence-corrected chi connectivity index (χ3v) is 5.21. The van der Waals surface area contributed by atoms with Gasteiger partial charge in [-0.3, -0.25) is 5.10 Å². The minimum absolute atomic E-state index is 0.0817. The maximum absolute atomic E-state index is 12.3. The summed E-state index contributed by atoms with van der Waals surface area (Å²) in [5.41, 5.74) is 0. The summed E-state index contributed by atoms with van der Waals surface area (Å²) in [5, 5.41) is 6.44. The van der Waals surface area contributed by atoms with Crippen LogP contribution in [0.3, 0.4) is 0 Å². The van der Waals surface area contributed by atoms with E-state index in [1.807, 2.05) is 13.8 Å². The molecule has 0 spiro atoms. The molecule has 0 saturated carbocycles. The van der Waals surface area contributed by atoms with E-state index in [1.165, 1.54) is 12.3 Å². The number of H-pyrrole nitrogens is 1. The van der Waals surface area contributed by atoms with Crippen LogP contribution >= 0.6 is 0 Å². The molecule has 90 valence electrons. The van der Waals surface area contributed by atoms with Crippen molar-refractivity contribution < 1.29 is 8.42 Å². The highest BCUT2D eigenvalue weighted by Crippen LogP contribution is 2.31. The summed E-state index contributed by atoms with van der Waals surface area (Å²) in [6, 6.07) is 1.72. The molecule has 0 aliphatic carbocycles. The summed E-state index contributed by atoms with van der Waals surface area (Å²) in [6.45, 7) is 3.99. The molecule has 1 aromatic heterocycles. The van der Waals surface area contributed by atoms with E-state index in [9.17, 15) is 8.42 Å². The molecule has 1 aliphatic heterocycles. The van der Waals surface area contributed by atoms with Gasteiger partial charge in [0.05, 0.1) is 6.20 Å². The van der Waals surface area contributed by atoms with Crippen molar-refractivity contribution in [1.29, 1.82) is 0 Å². The van der Waals surface area contributed by atoms with Crippen LogP contribution in [-0.2, 0) is 10.0 Å². The Morgan fingerprint density at radius 1 is 1.56 bits per heavy atom. The van der Waals surface area contributed by atoms with Crippen molar-refractivity contribution in [3.05, 3.63) is 12.3 Å². The zero-order valence-electron chi connectivity index (χ0n) is 9.55. The topological polar surface area (TPSA) is 66.1 Å². The summed E-state index contributed by atoms with van der Waals surface area (Å²) in [4.78, 5) is 0. The fourth-order valence-electron chi connectivity index (χ4n) is 2.37. The van der Waals surface area contributed by atoms with Gasteiger partial charge in [-0.2, -0.15) is 9.40 Å². The van der Waals surface area contributed by atoms with Gasteiger partial charge < -0.3 is 0 Å². The number of rotatable bonds is 3. The van der Waals surface area contributed by atoms with Crippen LogP contribution in [0.1, 0.15) is 33.1 Å². The first kappa shape index (κ1) is 11.6. The van der Waals surface area contributed by atoms with Gasteiger partial charge in [-0.1, -0.05) is 6.92 Å². The first-order chi connectivity index (χ1) is 7.57. The van der Waals surface area contributed by atoms with Crippen molar-refractivity contribution in [2.45, 2.75) is 50.2 Å². The third-order valence-electron chi connectivity index (χ3n) is 3.21. The molecule has 0 amide bonds. The number of sulfonamides is 1. The fourth-order valence-corrected chi connectivity index (χ4v) is 4.22. The largest absolute Gasteiger partial charge is 0.266 e. The molecule has 0 aromatic carbocycles. The molecule has 5 nitrogen and oxygen atoms in total. The van der Waals surface area contributed by atoms with Gasteiger partial charge >= 0.3 is 0 Å². The van der Waals surface area contributed by atoms with E-state index in [0.717, 1.165) is 19.3 Å². The molecular weight excluding hydrogens is 226 g/mol. The summed E-state index contributed by atoms with van der Waals surface area (Å²) >= 11 is 0. The van der Waals surface area contributed by atoms with Crippen molar-refractivity contribution in [3.63, 3.8) is 0 Å². The Morgan fingerprint density at radius 2 is 2.31 bits per heavy atom. The van der Waals surface area contributed by atoms with Crippen molar-refractivity contribution in [1.82, 2.24) is 14.5 Å². The van der Waals surface area contributed by atoms with Crippen LogP contribution < -0.4 is 0 Å². The fraction of sp³-hybridized carbons (Fsp3) is 0.700. The minimum Gasteiger partial charge on any atom is -0.266 e. The number of aromatic nitrogens is 2. The molecule has 1 aliphatic rings. The van der Waals surface area contributed by atoms with Crippen LogP contribution in [0.15, 0.2) is 17.3 Å². The summed E-state index contributed by atoms with van der Waals surface area (Å²) in [5.74, 6) is 0. The van der Waals surface area contributed by atoms with Gasteiger partial charge in [-0.05, 0) is 32.3 Å². The highest BCUT2D eigenvalue weighted by Gasteiger charge is 2.39. The summed E-state index contributed by atoms with van der Waals surface area (Å²) in [7, 11) is -3.39. The molecule has 1 aromatic rings. The second-order valence-corrected chi connectivity index (χ2v) is 6.06. The maximum atomic E-state index is 12.3. The Kier molecular flexibility index (Phi) is 3.03. The Hall–Kier alpha value is -0.880. The zero-order valence-corrected chi connectivity index (χ0v) is 10.4. The van der Waals surface area contributed by atoms with Gasteiger partial charge in [-0.25, -0.2) is 8.42 Å². The molecule has 1 fully saturated rings. The van der Waals surface area contributed by atoms with E-state index in [4.69, 9.17) is 0 Å². The number of hydrogen-bond acceptors (Lipinski definition) is 3. The van der Waals surface area contributed by atoms with Crippen molar-refractivity contribution >= 4 is 10.0 Å². The molecule has 2 unspecified atom stereocenters. The lowest BCUT2D eigenvalue weighted by Gasteiger charge is -2.25. The van der Waals surface area contributed by atoms with Gasteiger partial charge in [0, 0.05) is 12.1 Å².